The van der Waals surface area contributed by atoms with E-state index in [1.54, 1.807) is 12.1 Å². The van der Waals surface area contributed by atoms with Gasteiger partial charge in [-0.25, -0.2) is 4.79 Å². The number of rotatable bonds is 3. The number of benzene rings is 1. The summed E-state index contributed by atoms with van der Waals surface area (Å²) in [6.07, 6.45) is 4.03. The predicted molar refractivity (Wildman–Crippen MR) is 87.9 cm³/mol. The lowest BCUT2D eigenvalue weighted by molar-refractivity contribution is -0.133. The molecule has 1 aromatic rings. The van der Waals surface area contributed by atoms with Gasteiger partial charge in [-0.15, -0.1) is 5.06 Å². The highest BCUT2D eigenvalue weighted by Crippen LogP contribution is 2.43. The first kappa shape index (κ1) is 15.1. The van der Waals surface area contributed by atoms with Crippen molar-refractivity contribution in [2.75, 3.05) is 39.3 Å². The van der Waals surface area contributed by atoms with E-state index < -0.39 is 0 Å². The molecule has 2 heterocycles. The molecule has 4 rings (SSSR count). The Bertz CT molecular complexity index is 551. The van der Waals surface area contributed by atoms with Gasteiger partial charge in [-0.2, -0.15) is 0 Å². The molecule has 1 N–H and O–H groups in total. The van der Waals surface area contributed by atoms with Gasteiger partial charge in [-0.05, 0) is 36.8 Å². The molecule has 5 heteroatoms. The summed E-state index contributed by atoms with van der Waals surface area (Å²) in [5.41, 5.74) is 1.21. The van der Waals surface area contributed by atoms with E-state index in [1.807, 2.05) is 23.3 Å². The van der Waals surface area contributed by atoms with Crippen molar-refractivity contribution in [3.8, 4) is 0 Å². The Kier molecular flexibility index (Phi) is 4.09. The molecule has 0 bridgehead atoms. The second-order valence-electron chi connectivity index (χ2n) is 7.21. The summed E-state index contributed by atoms with van der Waals surface area (Å²) in [5.74, 6) is -0.251. The Balaban J connectivity index is 1.26. The fourth-order valence-electron chi connectivity index (χ4n) is 4.19. The molecule has 0 aromatic heterocycles. The number of hydroxylamine groups is 2. The maximum atomic E-state index is 12.1. The molecule has 5 nitrogen and oxygen atoms in total. The van der Waals surface area contributed by atoms with Gasteiger partial charge in [0, 0.05) is 45.3 Å². The molecule has 0 amide bonds. The Morgan fingerprint density at radius 2 is 1.87 bits per heavy atom. The van der Waals surface area contributed by atoms with E-state index in [2.05, 4.69) is 10.2 Å². The van der Waals surface area contributed by atoms with Crippen molar-refractivity contribution in [1.82, 2.24) is 15.3 Å². The molecule has 0 radical (unpaired) electrons. The molecular formula is C18H25N3O2. The molecule has 1 atom stereocenters. The van der Waals surface area contributed by atoms with Gasteiger partial charge in [0.05, 0.1) is 5.56 Å². The third-order valence-electron chi connectivity index (χ3n) is 5.69. The van der Waals surface area contributed by atoms with Crippen LogP contribution in [0.1, 0.15) is 29.6 Å². The smallest absolute Gasteiger partial charge is 0.357 e. The summed E-state index contributed by atoms with van der Waals surface area (Å²) >= 11 is 0. The molecule has 1 saturated carbocycles. The summed E-state index contributed by atoms with van der Waals surface area (Å²) < 4.78 is 0. The SMILES string of the molecule is O=C(ON1CCN(C2CCC3(CNC3)C2)CC1)c1ccccc1. The number of hydrogen-bond donors (Lipinski definition) is 1. The van der Waals surface area contributed by atoms with E-state index in [4.69, 9.17) is 4.84 Å². The summed E-state index contributed by atoms with van der Waals surface area (Å²) in [6.45, 7) is 6.02. The van der Waals surface area contributed by atoms with Crippen LogP contribution in [-0.4, -0.2) is 61.2 Å². The monoisotopic (exact) mass is 315 g/mol. The van der Waals surface area contributed by atoms with Crippen LogP contribution in [0.4, 0.5) is 0 Å². The fraction of sp³-hybridized carbons (Fsp3) is 0.611. The van der Waals surface area contributed by atoms with Gasteiger partial charge in [-0.3, -0.25) is 4.90 Å². The van der Waals surface area contributed by atoms with Gasteiger partial charge >= 0.3 is 5.97 Å². The molecule has 1 aromatic carbocycles. The van der Waals surface area contributed by atoms with Crippen molar-refractivity contribution in [2.24, 2.45) is 5.41 Å². The maximum absolute atomic E-state index is 12.1. The van der Waals surface area contributed by atoms with Gasteiger partial charge < -0.3 is 10.2 Å². The Morgan fingerprint density at radius 1 is 1.13 bits per heavy atom. The molecule has 3 fully saturated rings. The molecule has 3 aliphatic rings. The third kappa shape index (κ3) is 3.13. The minimum atomic E-state index is -0.251. The van der Waals surface area contributed by atoms with E-state index >= 15 is 0 Å². The van der Waals surface area contributed by atoms with E-state index in [0.717, 1.165) is 32.2 Å². The third-order valence-corrected chi connectivity index (χ3v) is 5.69. The summed E-state index contributed by atoms with van der Waals surface area (Å²) in [4.78, 5) is 20.2. The quantitative estimate of drug-likeness (QED) is 0.916. The average molecular weight is 315 g/mol. The topological polar surface area (TPSA) is 44.8 Å². The molecule has 2 aliphatic heterocycles. The number of carbonyl (C=O) groups is 1. The minimum absolute atomic E-state index is 0.251. The minimum Gasteiger partial charge on any atom is -0.364 e. The lowest BCUT2D eigenvalue weighted by atomic mass is 9.80. The summed E-state index contributed by atoms with van der Waals surface area (Å²) in [5, 5.41) is 5.25. The van der Waals surface area contributed by atoms with Crippen molar-refractivity contribution in [2.45, 2.75) is 25.3 Å². The molecule has 1 aliphatic carbocycles. The van der Waals surface area contributed by atoms with Gasteiger partial charge in [0.2, 0.25) is 0 Å². The summed E-state index contributed by atoms with van der Waals surface area (Å²) in [6, 6.07) is 9.94. The summed E-state index contributed by atoms with van der Waals surface area (Å²) in [7, 11) is 0. The van der Waals surface area contributed by atoms with Crippen molar-refractivity contribution >= 4 is 5.97 Å². The van der Waals surface area contributed by atoms with E-state index in [1.165, 1.54) is 32.4 Å². The normalized spacial score (nSPS) is 27.7. The first-order valence-electron chi connectivity index (χ1n) is 8.71. The predicted octanol–water partition coefficient (Wildman–Crippen LogP) is 1.52. The van der Waals surface area contributed by atoms with Crippen LogP contribution in [0.15, 0.2) is 30.3 Å². The van der Waals surface area contributed by atoms with Gasteiger partial charge in [0.15, 0.2) is 0 Å². The van der Waals surface area contributed by atoms with Crippen LogP contribution in [0.25, 0.3) is 0 Å². The number of nitrogens with zero attached hydrogens (tertiary/aromatic N) is 2. The van der Waals surface area contributed by atoms with E-state index in [9.17, 15) is 4.79 Å². The van der Waals surface area contributed by atoms with Gasteiger partial charge in [0.1, 0.15) is 0 Å². The molecule has 23 heavy (non-hydrogen) atoms. The van der Waals surface area contributed by atoms with Crippen LogP contribution in [0.2, 0.25) is 0 Å². The zero-order valence-electron chi connectivity index (χ0n) is 13.5. The van der Waals surface area contributed by atoms with Gasteiger partial charge in [0.25, 0.3) is 0 Å². The standard InChI is InChI=1S/C18H25N3O2/c22-17(15-4-2-1-3-5-15)23-21-10-8-20(9-11-21)16-6-7-18(12-16)13-19-14-18/h1-5,16,19H,6-14H2. The highest BCUT2D eigenvalue weighted by Gasteiger charge is 2.45. The highest BCUT2D eigenvalue weighted by atomic mass is 16.7. The van der Waals surface area contributed by atoms with E-state index in [-0.39, 0.29) is 5.97 Å². The Hall–Kier alpha value is -1.43. The van der Waals surface area contributed by atoms with Crippen LogP contribution >= 0.6 is 0 Å². The maximum Gasteiger partial charge on any atom is 0.357 e. The van der Waals surface area contributed by atoms with Crippen molar-refractivity contribution in [3.63, 3.8) is 0 Å². The number of hydrogen-bond acceptors (Lipinski definition) is 5. The molecule has 124 valence electrons. The van der Waals surface area contributed by atoms with Crippen LogP contribution in [-0.2, 0) is 4.84 Å². The molecule has 1 spiro atoms. The molecule has 2 saturated heterocycles. The van der Waals surface area contributed by atoms with Crippen LogP contribution < -0.4 is 5.32 Å². The lowest BCUT2D eigenvalue weighted by Gasteiger charge is -2.41. The van der Waals surface area contributed by atoms with Crippen molar-refractivity contribution < 1.29 is 9.63 Å². The van der Waals surface area contributed by atoms with Crippen molar-refractivity contribution in [1.29, 1.82) is 0 Å². The zero-order valence-corrected chi connectivity index (χ0v) is 13.5. The second-order valence-corrected chi connectivity index (χ2v) is 7.21. The van der Waals surface area contributed by atoms with Crippen molar-refractivity contribution in [3.05, 3.63) is 35.9 Å². The first-order chi connectivity index (χ1) is 11.2. The molecular weight excluding hydrogens is 290 g/mol. The van der Waals surface area contributed by atoms with Gasteiger partial charge in [-0.1, -0.05) is 18.2 Å². The number of carbonyl (C=O) groups excluding carboxylic acids is 1. The fourth-order valence-corrected chi connectivity index (χ4v) is 4.19. The molecule has 1 unspecified atom stereocenters. The zero-order chi connectivity index (χ0) is 15.7. The number of nitrogens with one attached hydrogen (secondary N) is 1. The highest BCUT2D eigenvalue weighted by molar-refractivity contribution is 5.89. The second kappa shape index (κ2) is 6.23. The van der Waals surface area contributed by atoms with Crippen LogP contribution in [0.5, 0.6) is 0 Å². The largest absolute Gasteiger partial charge is 0.364 e. The number of piperazine rings is 1. The Labute approximate surface area is 137 Å². The van der Waals surface area contributed by atoms with Crippen LogP contribution in [0, 0.1) is 5.41 Å². The van der Waals surface area contributed by atoms with Crippen LogP contribution in [0.3, 0.4) is 0 Å². The Morgan fingerprint density at radius 3 is 2.48 bits per heavy atom. The van der Waals surface area contributed by atoms with E-state index in [0.29, 0.717) is 11.0 Å². The lowest BCUT2D eigenvalue weighted by Crippen LogP contribution is -2.54. The average Bonchev–Trinajstić information content (AvgIpc) is 3.02. The first-order valence-corrected chi connectivity index (χ1v) is 8.71.